The van der Waals surface area contributed by atoms with Crippen molar-refractivity contribution in [1.29, 1.82) is 0 Å². The number of nitrogens with two attached hydrogens (primary N) is 1. The fourth-order valence-corrected chi connectivity index (χ4v) is 3.87. The number of aromatic nitrogens is 1. The lowest BCUT2D eigenvalue weighted by Crippen LogP contribution is -2.51. The lowest BCUT2D eigenvalue weighted by atomic mass is 9.85. The van der Waals surface area contributed by atoms with E-state index in [0.29, 0.717) is 11.9 Å². The number of carbonyl (C=O) groups excluding carboxylic acids is 1. The van der Waals surface area contributed by atoms with Crippen LogP contribution in [0.3, 0.4) is 0 Å². The van der Waals surface area contributed by atoms with Crippen molar-refractivity contribution < 1.29 is 4.79 Å². The van der Waals surface area contributed by atoms with E-state index in [1.165, 1.54) is 5.56 Å². The molecule has 2 aliphatic rings. The average molecular weight is 316 g/mol. The second kappa shape index (κ2) is 7.41. The molecule has 126 valence electrons. The summed E-state index contributed by atoms with van der Waals surface area (Å²) in [5, 5.41) is 0. The minimum atomic E-state index is 0.154. The molecule has 0 aromatic carbocycles. The van der Waals surface area contributed by atoms with Gasteiger partial charge in [-0.1, -0.05) is 12.5 Å². The molecule has 3 rings (SSSR count). The highest BCUT2D eigenvalue weighted by atomic mass is 16.2. The highest BCUT2D eigenvalue weighted by Gasteiger charge is 2.31. The maximum Gasteiger partial charge on any atom is 0.225 e. The van der Waals surface area contributed by atoms with Crippen LogP contribution in [0.1, 0.15) is 44.2 Å². The van der Waals surface area contributed by atoms with Crippen LogP contribution >= 0.6 is 0 Å². The summed E-state index contributed by atoms with van der Waals surface area (Å²) in [5.41, 5.74) is 7.27. The highest BCUT2D eigenvalue weighted by Crippen LogP contribution is 2.26. The Hall–Kier alpha value is -1.46. The van der Waals surface area contributed by atoms with Gasteiger partial charge < -0.3 is 10.6 Å². The van der Waals surface area contributed by atoms with Crippen molar-refractivity contribution in [2.75, 3.05) is 26.2 Å². The number of piperazine rings is 1. The van der Waals surface area contributed by atoms with E-state index in [-0.39, 0.29) is 12.0 Å². The largest absolute Gasteiger partial charge is 0.340 e. The first kappa shape index (κ1) is 16.4. The van der Waals surface area contributed by atoms with Crippen LogP contribution in [0.15, 0.2) is 24.5 Å². The highest BCUT2D eigenvalue weighted by molar-refractivity contribution is 5.79. The lowest BCUT2D eigenvalue weighted by molar-refractivity contribution is -0.138. The summed E-state index contributed by atoms with van der Waals surface area (Å²) in [7, 11) is 0. The Labute approximate surface area is 138 Å². The lowest BCUT2D eigenvalue weighted by Gasteiger charge is -2.40. The van der Waals surface area contributed by atoms with Gasteiger partial charge in [-0.25, -0.2) is 0 Å². The molecule has 0 unspecified atom stereocenters. The van der Waals surface area contributed by atoms with Crippen LogP contribution in [0.4, 0.5) is 0 Å². The van der Waals surface area contributed by atoms with Crippen LogP contribution in [-0.4, -0.2) is 52.9 Å². The summed E-state index contributed by atoms with van der Waals surface area (Å²) in [4.78, 5) is 21.4. The predicted octanol–water partition coefficient (Wildman–Crippen LogP) is 1.80. The second-order valence-electron chi connectivity index (χ2n) is 6.95. The van der Waals surface area contributed by atoms with Gasteiger partial charge in [0.2, 0.25) is 5.91 Å². The summed E-state index contributed by atoms with van der Waals surface area (Å²) in [6, 6.07) is 4.67. The first-order chi connectivity index (χ1) is 11.1. The smallest absolute Gasteiger partial charge is 0.225 e. The van der Waals surface area contributed by atoms with E-state index in [4.69, 9.17) is 5.73 Å². The van der Waals surface area contributed by atoms with E-state index in [2.05, 4.69) is 27.8 Å². The Balaban J connectivity index is 1.53. The summed E-state index contributed by atoms with van der Waals surface area (Å²) >= 11 is 0. The number of carbonyl (C=O) groups is 1. The van der Waals surface area contributed by atoms with E-state index < -0.39 is 0 Å². The van der Waals surface area contributed by atoms with Crippen LogP contribution in [0, 0.1) is 5.92 Å². The molecule has 1 saturated carbocycles. The molecule has 0 spiro atoms. The molecule has 3 atom stereocenters. The summed E-state index contributed by atoms with van der Waals surface area (Å²) in [6.45, 7) is 5.74. The molecule has 2 N–H and O–H groups in total. The number of hydrogen-bond acceptors (Lipinski definition) is 4. The van der Waals surface area contributed by atoms with E-state index >= 15 is 0 Å². The quantitative estimate of drug-likeness (QED) is 0.924. The van der Waals surface area contributed by atoms with Crippen LogP contribution in [-0.2, 0) is 4.79 Å². The van der Waals surface area contributed by atoms with Gasteiger partial charge in [-0.05, 0) is 37.8 Å². The van der Waals surface area contributed by atoms with E-state index in [1.54, 1.807) is 0 Å². The molecule has 1 saturated heterocycles. The molecular weight excluding hydrogens is 288 g/mol. The number of pyridine rings is 1. The SMILES string of the molecule is C[C@H](c1cccnc1)N1CCN(C(=O)[C@@H]2CCC[C@@H](N)C2)CC1. The van der Waals surface area contributed by atoms with Gasteiger partial charge in [0.25, 0.3) is 0 Å². The molecule has 23 heavy (non-hydrogen) atoms. The fraction of sp³-hybridized carbons (Fsp3) is 0.667. The van der Waals surface area contributed by atoms with Gasteiger partial charge in [0.15, 0.2) is 0 Å². The zero-order chi connectivity index (χ0) is 16.2. The van der Waals surface area contributed by atoms with Gasteiger partial charge in [-0.15, -0.1) is 0 Å². The molecular formula is C18H28N4O. The molecule has 5 nitrogen and oxygen atoms in total. The third kappa shape index (κ3) is 3.90. The molecule has 1 amide bonds. The van der Waals surface area contributed by atoms with Crippen molar-refractivity contribution in [1.82, 2.24) is 14.8 Å². The minimum absolute atomic E-state index is 0.154. The van der Waals surface area contributed by atoms with Crippen molar-refractivity contribution in [3.63, 3.8) is 0 Å². The van der Waals surface area contributed by atoms with Crippen LogP contribution < -0.4 is 5.73 Å². The van der Waals surface area contributed by atoms with Gasteiger partial charge in [-0.3, -0.25) is 14.7 Å². The standard InChI is InChI=1S/C18H28N4O/c1-14(16-5-3-7-20-13-16)21-8-10-22(11-9-21)18(23)15-4-2-6-17(19)12-15/h3,5,7,13-15,17H,2,4,6,8-12,19H2,1H3/t14-,15-,17-/m1/s1. The second-order valence-corrected chi connectivity index (χ2v) is 6.95. The maximum absolute atomic E-state index is 12.7. The van der Waals surface area contributed by atoms with Crippen molar-refractivity contribution >= 4 is 5.91 Å². The van der Waals surface area contributed by atoms with Crippen molar-refractivity contribution in [3.05, 3.63) is 30.1 Å². The zero-order valence-corrected chi connectivity index (χ0v) is 14.0. The van der Waals surface area contributed by atoms with Gasteiger partial charge in [0.05, 0.1) is 0 Å². The molecule has 1 aromatic heterocycles. The van der Waals surface area contributed by atoms with Gasteiger partial charge in [0.1, 0.15) is 0 Å². The Morgan fingerprint density at radius 2 is 2.09 bits per heavy atom. The number of rotatable bonds is 3. The molecule has 2 heterocycles. The molecule has 1 aliphatic heterocycles. The number of amides is 1. The molecule has 2 fully saturated rings. The van der Waals surface area contributed by atoms with Gasteiger partial charge in [-0.2, -0.15) is 0 Å². The fourth-order valence-electron chi connectivity index (χ4n) is 3.87. The molecule has 5 heteroatoms. The maximum atomic E-state index is 12.7. The van der Waals surface area contributed by atoms with Crippen LogP contribution in [0.2, 0.25) is 0 Å². The van der Waals surface area contributed by atoms with Crippen molar-refractivity contribution in [2.24, 2.45) is 11.7 Å². The number of nitrogens with zero attached hydrogens (tertiary/aromatic N) is 3. The Morgan fingerprint density at radius 1 is 1.30 bits per heavy atom. The topological polar surface area (TPSA) is 62.5 Å². The normalized spacial score (nSPS) is 27.7. The third-order valence-electron chi connectivity index (χ3n) is 5.40. The van der Waals surface area contributed by atoms with Crippen LogP contribution in [0.5, 0.6) is 0 Å². The number of hydrogen-bond donors (Lipinski definition) is 1. The van der Waals surface area contributed by atoms with Crippen molar-refractivity contribution in [2.45, 2.75) is 44.7 Å². The molecule has 0 radical (unpaired) electrons. The predicted molar refractivity (Wildman–Crippen MR) is 90.7 cm³/mol. The Morgan fingerprint density at radius 3 is 2.74 bits per heavy atom. The Kier molecular flexibility index (Phi) is 5.28. The first-order valence-corrected chi connectivity index (χ1v) is 8.83. The average Bonchev–Trinajstić information content (AvgIpc) is 2.61. The summed E-state index contributed by atoms with van der Waals surface area (Å²) in [6.07, 6.45) is 7.78. The van der Waals surface area contributed by atoms with E-state index in [9.17, 15) is 4.79 Å². The Bertz CT molecular complexity index is 513. The zero-order valence-electron chi connectivity index (χ0n) is 14.0. The molecule has 1 aromatic rings. The van der Waals surface area contributed by atoms with Gasteiger partial charge in [0, 0.05) is 56.6 Å². The summed E-state index contributed by atoms with van der Waals surface area (Å²) < 4.78 is 0. The van der Waals surface area contributed by atoms with E-state index in [1.807, 2.05) is 18.5 Å². The molecule has 0 bridgehead atoms. The van der Waals surface area contributed by atoms with Crippen LogP contribution in [0.25, 0.3) is 0 Å². The minimum Gasteiger partial charge on any atom is -0.340 e. The molecule has 1 aliphatic carbocycles. The summed E-state index contributed by atoms with van der Waals surface area (Å²) in [5.74, 6) is 0.481. The van der Waals surface area contributed by atoms with Crippen molar-refractivity contribution in [3.8, 4) is 0 Å². The third-order valence-corrected chi connectivity index (χ3v) is 5.40. The van der Waals surface area contributed by atoms with E-state index in [0.717, 1.165) is 51.9 Å². The first-order valence-electron chi connectivity index (χ1n) is 8.83. The van der Waals surface area contributed by atoms with Gasteiger partial charge >= 0.3 is 0 Å². The monoisotopic (exact) mass is 316 g/mol.